The molecule has 5 aromatic rings. The van der Waals surface area contributed by atoms with Gasteiger partial charge in [0.25, 0.3) is 0 Å². The van der Waals surface area contributed by atoms with Crippen LogP contribution in [0.1, 0.15) is 29.8 Å². The summed E-state index contributed by atoms with van der Waals surface area (Å²) in [6.07, 6.45) is 8.83. The van der Waals surface area contributed by atoms with Crippen molar-refractivity contribution in [3.05, 3.63) is 78.0 Å². The van der Waals surface area contributed by atoms with Crippen LogP contribution in [0, 0.1) is 12.8 Å². The molecule has 0 saturated carbocycles. The van der Waals surface area contributed by atoms with E-state index in [9.17, 15) is 0 Å². The number of nitrogens with one attached hydrogen (secondary N) is 2. The van der Waals surface area contributed by atoms with Crippen LogP contribution in [0.15, 0.2) is 61.1 Å². The first-order valence-electron chi connectivity index (χ1n) is 13.9. The van der Waals surface area contributed by atoms with E-state index in [0.717, 1.165) is 73.1 Å². The number of pyridine rings is 2. The highest BCUT2D eigenvalue weighted by Crippen LogP contribution is 2.24. The van der Waals surface area contributed by atoms with Crippen molar-refractivity contribution in [3.8, 4) is 0 Å². The van der Waals surface area contributed by atoms with Crippen LogP contribution in [0.25, 0.3) is 22.2 Å². The molecule has 0 amide bonds. The first-order chi connectivity index (χ1) is 20.4. The van der Waals surface area contributed by atoms with Crippen molar-refractivity contribution in [2.24, 2.45) is 5.92 Å². The first-order valence-corrected chi connectivity index (χ1v) is 13.9. The number of nitrogens with zero attached hydrogens (tertiary/aromatic N) is 6. The maximum atomic E-state index is 9.10. The molecule has 0 radical (unpaired) electrons. The topological polar surface area (TPSA) is 162 Å². The molecule has 12 heteroatoms. The van der Waals surface area contributed by atoms with E-state index in [2.05, 4.69) is 72.0 Å². The molecule has 218 valence electrons. The summed E-state index contributed by atoms with van der Waals surface area (Å²) < 4.78 is 2.32. The Morgan fingerprint density at radius 1 is 1.00 bits per heavy atom. The normalized spacial score (nSPS) is 14.0. The van der Waals surface area contributed by atoms with Gasteiger partial charge in [-0.25, -0.2) is 24.5 Å². The third kappa shape index (κ3) is 7.26. The van der Waals surface area contributed by atoms with Gasteiger partial charge in [-0.2, -0.15) is 0 Å². The molecule has 1 fully saturated rings. The van der Waals surface area contributed by atoms with Gasteiger partial charge < -0.3 is 30.0 Å². The molecule has 1 saturated heterocycles. The minimum absolute atomic E-state index is 0.644. The summed E-state index contributed by atoms with van der Waals surface area (Å²) in [4.78, 5) is 42.4. The molecule has 0 aliphatic carbocycles. The van der Waals surface area contributed by atoms with E-state index >= 15 is 0 Å². The van der Waals surface area contributed by atoms with E-state index in [4.69, 9.17) is 24.8 Å². The van der Waals surface area contributed by atoms with Crippen molar-refractivity contribution in [2.45, 2.75) is 32.7 Å². The number of anilines is 1. The van der Waals surface area contributed by atoms with E-state index < -0.39 is 11.9 Å². The zero-order chi connectivity index (χ0) is 29.5. The lowest BCUT2D eigenvalue weighted by Gasteiger charge is -2.31. The lowest BCUT2D eigenvalue weighted by Crippen LogP contribution is -2.37. The second-order valence-corrected chi connectivity index (χ2v) is 10.5. The summed E-state index contributed by atoms with van der Waals surface area (Å²) >= 11 is 0. The van der Waals surface area contributed by atoms with Crippen LogP contribution < -0.4 is 5.32 Å². The van der Waals surface area contributed by atoms with Crippen LogP contribution in [0.4, 0.5) is 5.95 Å². The lowest BCUT2D eigenvalue weighted by atomic mass is 9.93. The van der Waals surface area contributed by atoms with Gasteiger partial charge in [0.1, 0.15) is 11.3 Å². The molecule has 4 N–H and O–H groups in total. The standard InChI is InChI=1S/C28H32N8.C2H2O4/c1-20-4-6-22(7-5-20)19-36-26(32-24-3-2-11-30-27(24)36)17-21-9-14-35(15-10-21)16-13-31-28-33-23-8-12-29-18-25(23)34-28;3-1(4)2(5)6/h2-8,11-12,18,21H,9-10,13-17,19H2,1H3,(H2,31,33,34);(H,3,4)(H,5,6). The molecular formula is C30H34N8O4. The third-order valence-electron chi connectivity index (χ3n) is 7.41. The van der Waals surface area contributed by atoms with Crippen molar-refractivity contribution in [1.82, 2.24) is 34.4 Å². The van der Waals surface area contributed by atoms with Gasteiger partial charge in [0.2, 0.25) is 5.95 Å². The van der Waals surface area contributed by atoms with Gasteiger partial charge in [-0.3, -0.25) is 4.98 Å². The minimum atomic E-state index is -1.82. The maximum absolute atomic E-state index is 9.10. The molecular weight excluding hydrogens is 536 g/mol. The number of hydrogen-bond donors (Lipinski definition) is 4. The lowest BCUT2D eigenvalue weighted by molar-refractivity contribution is -0.159. The minimum Gasteiger partial charge on any atom is -0.473 e. The number of carboxylic acid groups (broad SMARTS) is 2. The maximum Gasteiger partial charge on any atom is 0.414 e. The summed E-state index contributed by atoms with van der Waals surface area (Å²) in [6, 6.07) is 14.8. The molecule has 1 aromatic carbocycles. The van der Waals surface area contributed by atoms with Gasteiger partial charge >= 0.3 is 11.9 Å². The number of carboxylic acids is 2. The number of benzene rings is 1. The first kappa shape index (κ1) is 28.7. The number of aromatic nitrogens is 6. The Balaban J connectivity index is 0.000000535. The summed E-state index contributed by atoms with van der Waals surface area (Å²) in [5.41, 5.74) is 6.45. The molecule has 0 unspecified atom stereocenters. The highest BCUT2D eigenvalue weighted by atomic mass is 16.4. The van der Waals surface area contributed by atoms with Crippen molar-refractivity contribution in [1.29, 1.82) is 0 Å². The molecule has 42 heavy (non-hydrogen) atoms. The van der Waals surface area contributed by atoms with Gasteiger partial charge in [-0.05, 0) is 62.5 Å². The Bertz CT molecular complexity index is 1610. The van der Waals surface area contributed by atoms with Crippen LogP contribution in [0.2, 0.25) is 0 Å². The molecule has 6 rings (SSSR count). The van der Waals surface area contributed by atoms with E-state index in [0.29, 0.717) is 5.92 Å². The Labute approximate surface area is 242 Å². The average Bonchev–Trinajstić information content (AvgIpc) is 3.56. The van der Waals surface area contributed by atoms with Gasteiger partial charge in [0.15, 0.2) is 5.65 Å². The molecule has 12 nitrogen and oxygen atoms in total. The SMILES string of the molecule is Cc1ccc(Cn2c(CC3CCN(CCNc4nc5ccncc5[nH]4)CC3)nc3cccnc32)cc1.O=C(O)C(=O)O. The van der Waals surface area contributed by atoms with Crippen molar-refractivity contribution in [2.75, 3.05) is 31.5 Å². The predicted octanol–water partition coefficient (Wildman–Crippen LogP) is 3.58. The molecule has 4 aromatic heterocycles. The average molecular weight is 571 g/mol. The predicted molar refractivity (Wildman–Crippen MR) is 158 cm³/mol. The number of imidazole rings is 2. The van der Waals surface area contributed by atoms with Crippen LogP contribution in [-0.2, 0) is 22.6 Å². The molecule has 0 atom stereocenters. The van der Waals surface area contributed by atoms with Gasteiger partial charge in [0, 0.05) is 31.9 Å². The van der Waals surface area contributed by atoms with Gasteiger partial charge in [-0.1, -0.05) is 29.8 Å². The number of aryl methyl sites for hydroxylation is 1. The quantitative estimate of drug-likeness (QED) is 0.203. The number of carbonyl (C=O) groups is 2. The fourth-order valence-electron chi connectivity index (χ4n) is 5.15. The summed E-state index contributed by atoms with van der Waals surface area (Å²) in [5.74, 6) is -1.03. The number of H-pyrrole nitrogens is 1. The highest BCUT2D eigenvalue weighted by molar-refractivity contribution is 6.27. The van der Waals surface area contributed by atoms with E-state index in [1.54, 1.807) is 6.20 Å². The fourth-order valence-corrected chi connectivity index (χ4v) is 5.15. The van der Waals surface area contributed by atoms with Crippen LogP contribution in [0.5, 0.6) is 0 Å². The number of fused-ring (bicyclic) bond motifs is 2. The van der Waals surface area contributed by atoms with Crippen molar-refractivity contribution in [3.63, 3.8) is 0 Å². The Morgan fingerprint density at radius 2 is 1.76 bits per heavy atom. The molecule has 1 aliphatic rings. The van der Waals surface area contributed by atoms with Crippen LogP contribution in [-0.4, -0.2) is 82.7 Å². The third-order valence-corrected chi connectivity index (χ3v) is 7.41. The van der Waals surface area contributed by atoms with Crippen molar-refractivity contribution < 1.29 is 19.8 Å². The van der Waals surface area contributed by atoms with Gasteiger partial charge in [0.05, 0.1) is 23.8 Å². The largest absolute Gasteiger partial charge is 0.473 e. The number of likely N-dealkylation sites (tertiary alicyclic amines) is 1. The highest BCUT2D eigenvalue weighted by Gasteiger charge is 2.22. The molecule has 5 heterocycles. The Kier molecular flexibility index (Phi) is 9.02. The van der Waals surface area contributed by atoms with E-state index in [1.165, 1.54) is 24.0 Å². The molecule has 1 aliphatic heterocycles. The zero-order valence-electron chi connectivity index (χ0n) is 23.4. The van der Waals surface area contributed by atoms with Crippen LogP contribution in [0.3, 0.4) is 0 Å². The second kappa shape index (κ2) is 13.2. The number of rotatable bonds is 8. The second-order valence-electron chi connectivity index (χ2n) is 10.5. The number of piperidine rings is 1. The van der Waals surface area contributed by atoms with E-state index in [-0.39, 0.29) is 0 Å². The van der Waals surface area contributed by atoms with Crippen molar-refractivity contribution >= 4 is 40.1 Å². The summed E-state index contributed by atoms with van der Waals surface area (Å²) in [5, 5.41) is 18.2. The number of aromatic amines is 1. The summed E-state index contributed by atoms with van der Waals surface area (Å²) in [7, 11) is 0. The monoisotopic (exact) mass is 570 g/mol. The zero-order valence-corrected chi connectivity index (χ0v) is 23.4. The van der Waals surface area contributed by atoms with Crippen LogP contribution >= 0.6 is 0 Å². The Morgan fingerprint density at radius 3 is 2.48 bits per heavy atom. The van der Waals surface area contributed by atoms with E-state index in [1.807, 2.05) is 24.5 Å². The number of hydrogen-bond acceptors (Lipinski definition) is 8. The summed E-state index contributed by atoms with van der Waals surface area (Å²) in [6.45, 7) is 7.06. The smallest absolute Gasteiger partial charge is 0.414 e. The molecule has 0 bridgehead atoms. The number of aliphatic carboxylic acids is 2. The Hall–Kier alpha value is -4.84. The molecule has 0 spiro atoms. The fraction of sp³-hybridized carbons (Fsp3) is 0.333. The van der Waals surface area contributed by atoms with Gasteiger partial charge in [-0.15, -0.1) is 0 Å².